The molecule has 5 heteroatoms. The van der Waals surface area contributed by atoms with E-state index in [1.807, 2.05) is 19.4 Å². The van der Waals surface area contributed by atoms with Gasteiger partial charge in [-0.15, -0.1) is 0 Å². The number of rotatable bonds is 4. The molecule has 0 aliphatic carbocycles. The molecule has 0 bridgehead atoms. The smallest absolute Gasteiger partial charge is 0.0875 e. The van der Waals surface area contributed by atoms with Crippen molar-refractivity contribution in [2.45, 2.75) is 30.9 Å². The summed E-state index contributed by atoms with van der Waals surface area (Å²) >= 11 is 0. The molecule has 1 atom stereocenters. The lowest BCUT2D eigenvalue weighted by atomic mass is 9.83. The van der Waals surface area contributed by atoms with Crippen molar-refractivity contribution in [1.82, 2.24) is 9.78 Å². The highest BCUT2D eigenvalue weighted by Gasteiger charge is 2.38. The summed E-state index contributed by atoms with van der Waals surface area (Å²) < 4.78 is 12.9. The minimum atomic E-state index is -0.242. The Balaban J connectivity index is 2.04. The maximum atomic E-state index is 6.32. The maximum Gasteiger partial charge on any atom is 0.0875 e. The van der Waals surface area contributed by atoms with Gasteiger partial charge in [-0.1, -0.05) is 0 Å². The molecule has 1 aliphatic heterocycles. The molecular formula is C12H21N3O2. The summed E-state index contributed by atoms with van der Waals surface area (Å²) in [6.45, 7) is 1.46. The quantitative estimate of drug-likeness (QED) is 0.830. The van der Waals surface area contributed by atoms with E-state index in [1.165, 1.54) is 0 Å². The lowest BCUT2D eigenvalue weighted by Crippen LogP contribution is -2.53. The number of nitrogens with two attached hydrogens (primary N) is 1. The third kappa shape index (κ3) is 2.68. The lowest BCUT2D eigenvalue weighted by Gasteiger charge is -2.40. The first-order valence-corrected chi connectivity index (χ1v) is 6.02. The van der Waals surface area contributed by atoms with E-state index in [1.54, 1.807) is 11.8 Å². The van der Waals surface area contributed by atoms with Gasteiger partial charge in [0.1, 0.15) is 0 Å². The molecule has 1 aromatic rings. The monoisotopic (exact) mass is 239 g/mol. The molecule has 0 aromatic carbocycles. The van der Waals surface area contributed by atoms with Gasteiger partial charge in [-0.2, -0.15) is 5.10 Å². The molecule has 5 nitrogen and oxygen atoms in total. The zero-order valence-electron chi connectivity index (χ0n) is 10.6. The van der Waals surface area contributed by atoms with Gasteiger partial charge >= 0.3 is 0 Å². The van der Waals surface area contributed by atoms with Crippen molar-refractivity contribution in [3.05, 3.63) is 18.0 Å². The van der Waals surface area contributed by atoms with Crippen molar-refractivity contribution >= 4 is 0 Å². The van der Waals surface area contributed by atoms with Crippen LogP contribution in [0.4, 0.5) is 0 Å². The summed E-state index contributed by atoms with van der Waals surface area (Å²) in [5, 5.41) is 4.16. The van der Waals surface area contributed by atoms with Crippen LogP contribution in [0.25, 0.3) is 0 Å². The second-order valence-electron chi connectivity index (χ2n) is 4.71. The molecule has 0 amide bonds. The highest BCUT2D eigenvalue weighted by molar-refractivity contribution is 5.09. The molecule has 1 fully saturated rings. The van der Waals surface area contributed by atoms with Crippen LogP contribution in [0.5, 0.6) is 0 Å². The van der Waals surface area contributed by atoms with Gasteiger partial charge in [-0.05, 0) is 12.0 Å². The number of hydrogen-bond donors (Lipinski definition) is 1. The number of methoxy groups -OCH3 is 1. The van der Waals surface area contributed by atoms with Crippen LogP contribution in [0.3, 0.4) is 0 Å². The van der Waals surface area contributed by atoms with E-state index in [0.717, 1.165) is 38.0 Å². The third-order valence-electron chi connectivity index (χ3n) is 3.64. The van der Waals surface area contributed by atoms with Crippen molar-refractivity contribution in [1.29, 1.82) is 0 Å². The maximum absolute atomic E-state index is 6.32. The average Bonchev–Trinajstić information content (AvgIpc) is 2.75. The van der Waals surface area contributed by atoms with Gasteiger partial charge in [0.15, 0.2) is 0 Å². The lowest BCUT2D eigenvalue weighted by molar-refractivity contribution is -0.103. The Morgan fingerprint density at radius 2 is 2.29 bits per heavy atom. The van der Waals surface area contributed by atoms with E-state index >= 15 is 0 Å². The first-order chi connectivity index (χ1) is 8.16. The first kappa shape index (κ1) is 12.5. The molecular weight excluding hydrogens is 218 g/mol. The van der Waals surface area contributed by atoms with E-state index in [0.29, 0.717) is 0 Å². The predicted molar refractivity (Wildman–Crippen MR) is 64.7 cm³/mol. The molecule has 96 valence electrons. The Morgan fingerprint density at radius 3 is 2.82 bits per heavy atom. The zero-order chi connectivity index (χ0) is 12.3. The molecule has 0 saturated carbocycles. The summed E-state index contributed by atoms with van der Waals surface area (Å²) in [6.07, 6.45) is 6.39. The van der Waals surface area contributed by atoms with Crippen LogP contribution in [0.15, 0.2) is 12.4 Å². The van der Waals surface area contributed by atoms with Crippen molar-refractivity contribution in [3.8, 4) is 0 Å². The largest absolute Gasteiger partial charge is 0.381 e. The molecule has 0 spiro atoms. The van der Waals surface area contributed by atoms with Crippen LogP contribution >= 0.6 is 0 Å². The van der Waals surface area contributed by atoms with Gasteiger partial charge in [-0.3, -0.25) is 4.68 Å². The molecule has 2 heterocycles. The van der Waals surface area contributed by atoms with E-state index in [9.17, 15) is 0 Å². The van der Waals surface area contributed by atoms with Crippen molar-refractivity contribution in [2.75, 3.05) is 20.3 Å². The molecule has 1 unspecified atom stereocenters. The van der Waals surface area contributed by atoms with E-state index < -0.39 is 0 Å². The van der Waals surface area contributed by atoms with E-state index in [4.69, 9.17) is 15.2 Å². The Bertz CT molecular complexity index is 358. The second-order valence-corrected chi connectivity index (χ2v) is 4.71. The normalized spacial score (nSPS) is 21.4. The van der Waals surface area contributed by atoms with Crippen molar-refractivity contribution < 1.29 is 9.47 Å². The highest BCUT2D eigenvalue weighted by Crippen LogP contribution is 2.28. The van der Waals surface area contributed by atoms with E-state index in [-0.39, 0.29) is 11.6 Å². The fourth-order valence-electron chi connectivity index (χ4n) is 2.46. The van der Waals surface area contributed by atoms with Crippen LogP contribution in [0, 0.1) is 0 Å². The SMILES string of the molecule is COC1(C(N)Cc2cnn(C)c2)CCOCC1. The van der Waals surface area contributed by atoms with Gasteiger partial charge < -0.3 is 15.2 Å². The van der Waals surface area contributed by atoms with Crippen molar-refractivity contribution in [2.24, 2.45) is 12.8 Å². The number of ether oxygens (including phenoxy) is 2. The highest BCUT2D eigenvalue weighted by atomic mass is 16.5. The Kier molecular flexibility index (Phi) is 3.81. The van der Waals surface area contributed by atoms with Crippen LogP contribution in [0.2, 0.25) is 0 Å². The molecule has 2 rings (SSSR count). The topological polar surface area (TPSA) is 62.3 Å². The molecule has 2 N–H and O–H groups in total. The van der Waals surface area contributed by atoms with Crippen LogP contribution < -0.4 is 5.73 Å². The van der Waals surface area contributed by atoms with Gasteiger partial charge in [0.25, 0.3) is 0 Å². The summed E-state index contributed by atoms with van der Waals surface area (Å²) in [4.78, 5) is 0. The van der Waals surface area contributed by atoms with Crippen LogP contribution in [-0.4, -0.2) is 41.7 Å². The van der Waals surface area contributed by atoms with Crippen LogP contribution in [-0.2, 0) is 22.9 Å². The molecule has 1 saturated heterocycles. The first-order valence-electron chi connectivity index (χ1n) is 6.02. The molecule has 17 heavy (non-hydrogen) atoms. The number of nitrogens with zero attached hydrogens (tertiary/aromatic N) is 2. The summed E-state index contributed by atoms with van der Waals surface area (Å²) in [5.41, 5.74) is 7.23. The van der Waals surface area contributed by atoms with E-state index in [2.05, 4.69) is 5.10 Å². The van der Waals surface area contributed by atoms with Gasteiger partial charge in [0.05, 0.1) is 11.8 Å². The third-order valence-corrected chi connectivity index (χ3v) is 3.64. The fourth-order valence-corrected chi connectivity index (χ4v) is 2.46. The average molecular weight is 239 g/mol. The summed E-state index contributed by atoms with van der Waals surface area (Å²) in [6, 6.07) is -0.0133. The zero-order valence-corrected chi connectivity index (χ0v) is 10.6. The van der Waals surface area contributed by atoms with Crippen LogP contribution in [0.1, 0.15) is 18.4 Å². The second kappa shape index (κ2) is 5.16. The summed E-state index contributed by atoms with van der Waals surface area (Å²) in [5.74, 6) is 0. The molecule has 0 radical (unpaired) electrons. The van der Waals surface area contributed by atoms with Gasteiger partial charge in [0, 0.05) is 52.5 Å². The minimum Gasteiger partial charge on any atom is -0.381 e. The standard InChI is InChI=1S/C12H21N3O2/c1-15-9-10(8-14-15)7-11(13)12(16-2)3-5-17-6-4-12/h8-9,11H,3-7,13H2,1-2H3. The molecule has 1 aromatic heterocycles. The van der Waals surface area contributed by atoms with Gasteiger partial charge in [0.2, 0.25) is 0 Å². The van der Waals surface area contributed by atoms with Gasteiger partial charge in [-0.25, -0.2) is 0 Å². The fraction of sp³-hybridized carbons (Fsp3) is 0.750. The molecule has 1 aliphatic rings. The van der Waals surface area contributed by atoms with Crippen molar-refractivity contribution in [3.63, 3.8) is 0 Å². The predicted octanol–water partition coefficient (Wildman–Crippen LogP) is 0.485. The minimum absolute atomic E-state index is 0.0133. The Morgan fingerprint density at radius 1 is 1.59 bits per heavy atom. The Labute approximate surface area is 102 Å². The number of hydrogen-bond acceptors (Lipinski definition) is 4. The summed E-state index contributed by atoms with van der Waals surface area (Å²) in [7, 11) is 3.66. The Hall–Kier alpha value is -0.910. The number of aryl methyl sites for hydroxylation is 1. The number of aromatic nitrogens is 2.